The number of nitrogens with zero attached hydrogens (tertiary/aromatic N) is 2. The second-order valence-corrected chi connectivity index (χ2v) is 5.62. The summed E-state index contributed by atoms with van der Waals surface area (Å²) in [4.78, 5) is 0. The summed E-state index contributed by atoms with van der Waals surface area (Å²) in [6.07, 6.45) is 5.16. The number of aromatic nitrogens is 2. The summed E-state index contributed by atoms with van der Waals surface area (Å²) in [6, 6.07) is 0. The van der Waals surface area contributed by atoms with E-state index in [9.17, 15) is 8.42 Å². The van der Waals surface area contributed by atoms with E-state index in [4.69, 9.17) is 4.74 Å². The van der Waals surface area contributed by atoms with Crippen LogP contribution in [-0.2, 0) is 16.4 Å². The summed E-state index contributed by atoms with van der Waals surface area (Å²) in [7, 11) is -2.88. The van der Waals surface area contributed by atoms with E-state index in [0.717, 1.165) is 6.54 Å². The van der Waals surface area contributed by atoms with Crippen LogP contribution in [0.15, 0.2) is 12.4 Å². The maximum atomic E-state index is 10.8. The van der Waals surface area contributed by atoms with Crippen LogP contribution in [0.4, 0.5) is 0 Å². The van der Waals surface area contributed by atoms with Gasteiger partial charge in [-0.2, -0.15) is 5.10 Å². The highest BCUT2D eigenvalue weighted by Crippen LogP contribution is 2.08. The lowest BCUT2D eigenvalue weighted by atomic mass is 10.5. The lowest BCUT2D eigenvalue weighted by molar-refractivity contribution is 0.317. The first-order valence-corrected chi connectivity index (χ1v) is 6.90. The molecule has 1 aromatic rings. The van der Waals surface area contributed by atoms with Crippen molar-refractivity contribution < 1.29 is 13.2 Å². The Morgan fingerprint density at radius 1 is 1.53 bits per heavy atom. The highest BCUT2D eigenvalue weighted by Gasteiger charge is 2.02. The van der Waals surface area contributed by atoms with Crippen molar-refractivity contribution in [1.82, 2.24) is 9.78 Å². The summed E-state index contributed by atoms with van der Waals surface area (Å²) >= 11 is 0. The Morgan fingerprint density at radius 2 is 2.27 bits per heavy atom. The molecule has 0 unspecified atom stereocenters. The predicted octanol–water partition coefficient (Wildman–Crippen LogP) is 0.716. The Bertz CT molecular complexity index is 397. The van der Waals surface area contributed by atoms with E-state index in [1.54, 1.807) is 17.1 Å². The third kappa shape index (κ3) is 4.83. The van der Waals surface area contributed by atoms with Gasteiger partial charge >= 0.3 is 0 Å². The zero-order valence-electron chi connectivity index (χ0n) is 9.01. The van der Waals surface area contributed by atoms with Gasteiger partial charge < -0.3 is 4.74 Å². The molecule has 0 fully saturated rings. The molecule has 1 heterocycles. The molecular formula is C9H16N2O3S. The van der Waals surface area contributed by atoms with Crippen molar-refractivity contribution in [2.45, 2.75) is 19.9 Å². The highest BCUT2D eigenvalue weighted by molar-refractivity contribution is 7.90. The van der Waals surface area contributed by atoms with Gasteiger partial charge in [-0.15, -0.1) is 0 Å². The lowest BCUT2D eigenvalue weighted by Gasteiger charge is -2.01. The summed E-state index contributed by atoms with van der Waals surface area (Å²) in [5.41, 5.74) is 0. The van der Waals surface area contributed by atoms with Gasteiger partial charge in [-0.1, -0.05) is 0 Å². The van der Waals surface area contributed by atoms with E-state index in [-0.39, 0.29) is 5.75 Å². The third-order valence-electron chi connectivity index (χ3n) is 1.86. The van der Waals surface area contributed by atoms with Crippen LogP contribution < -0.4 is 4.74 Å². The van der Waals surface area contributed by atoms with Crippen molar-refractivity contribution in [3.8, 4) is 5.75 Å². The first-order chi connectivity index (χ1) is 7.01. The normalized spacial score (nSPS) is 11.6. The predicted molar refractivity (Wildman–Crippen MR) is 57.7 cm³/mol. The Hall–Kier alpha value is -1.04. The molecule has 5 nitrogen and oxygen atoms in total. The standard InChI is InChI=1S/C9H16N2O3S/c1-3-11-8-9(7-10-11)14-5-4-6-15(2,12)13/h7-8H,3-6H2,1-2H3. The molecule has 0 N–H and O–H groups in total. The number of ether oxygens (including phenoxy) is 1. The molecule has 0 atom stereocenters. The maximum absolute atomic E-state index is 10.8. The second kappa shape index (κ2) is 5.16. The fourth-order valence-corrected chi connectivity index (χ4v) is 1.75. The molecule has 6 heteroatoms. The molecule has 0 aliphatic carbocycles. The smallest absolute Gasteiger partial charge is 0.157 e. The van der Waals surface area contributed by atoms with Gasteiger partial charge in [-0.05, 0) is 13.3 Å². The van der Waals surface area contributed by atoms with Crippen molar-refractivity contribution in [1.29, 1.82) is 0 Å². The third-order valence-corrected chi connectivity index (χ3v) is 2.89. The van der Waals surface area contributed by atoms with Crippen molar-refractivity contribution >= 4 is 9.84 Å². The average molecular weight is 232 g/mol. The zero-order chi connectivity index (χ0) is 11.3. The number of hydrogen-bond acceptors (Lipinski definition) is 4. The van der Waals surface area contributed by atoms with Gasteiger partial charge in [0, 0.05) is 12.8 Å². The molecule has 0 saturated heterocycles. The molecule has 15 heavy (non-hydrogen) atoms. The van der Waals surface area contributed by atoms with Crippen LogP contribution in [-0.4, -0.2) is 36.8 Å². The van der Waals surface area contributed by atoms with Crippen LogP contribution in [0.2, 0.25) is 0 Å². The molecular weight excluding hydrogens is 216 g/mol. The van der Waals surface area contributed by atoms with Crippen LogP contribution in [0.5, 0.6) is 5.75 Å². The molecule has 0 amide bonds. The van der Waals surface area contributed by atoms with E-state index < -0.39 is 9.84 Å². The van der Waals surface area contributed by atoms with Gasteiger partial charge in [-0.25, -0.2) is 8.42 Å². The number of sulfone groups is 1. The van der Waals surface area contributed by atoms with E-state index in [1.165, 1.54) is 6.26 Å². The molecule has 0 radical (unpaired) electrons. The first-order valence-electron chi connectivity index (χ1n) is 4.84. The average Bonchev–Trinajstić information content (AvgIpc) is 2.59. The first kappa shape index (κ1) is 12.0. The van der Waals surface area contributed by atoms with Crippen LogP contribution in [0, 0.1) is 0 Å². The Balaban J connectivity index is 2.26. The second-order valence-electron chi connectivity index (χ2n) is 3.36. The molecule has 86 valence electrons. The summed E-state index contributed by atoms with van der Waals surface area (Å²) in [5, 5.41) is 4.04. The van der Waals surface area contributed by atoms with Gasteiger partial charge in [0.25, 0.3) is 0 Å². The van der Waals surface area contributed by atoms with Gasteiger partial charge in [0.2, 0.25) is 0 Å². The molecule has 0 spiro atoms. The summed E-state index contributed by atoms with van der Waals surface area (Å²) in [5.74, 6) is 0.847. The molecule has 0 bridgehead atoms. The van der Waals surface area contributed by atoms with E-state index in [0.29, 0.717) is 18.8 Å². The topological polar surface area (TPSA) is 61.2 Å². The molecule has 0 aromatic carbocycles. The van der Waals surface area contributed by atoms with E-state index >= 15 is 0 Å². The minimum atomic E-state index is -2.88. The van der Waals surface area contributed by atoms with Gasteiger partial charge in [-0.3, -0.25) is 4.68 Å². The van der Waals surface area contributed by atoms with Gasteiger partial charge in [0.1, 0.15) is 9.84 Å². The fourth-order valence-electron chi connectivity index (χ4n) is 1.10. The SMILES string of the molecule is CCn1cc(OCCCS(C)(=O)=O)cn1. The Morgan fingerprint density at radius 3 is 2.80 bits per heavy atom. The fraction of sp³-hybridized carbons (Fsp3) is 0.667. The zero-order valence-corrected chi connectivity index (χ0v) is 9.83. The molecule has 1 rings (SSSR count). The van der Waals surface area contributed by atoms with Crippen molar-refractivity contribution in [2.24, 2.45) is 0 Å². The molecule has 0 aliphatic rings. The maximum Gasteiger partial charge on any atom is 0.157 e. The largest absolute Gasteiger partial charge is 0.490 e. The minimum absolute atomic E-state index is 0.162. The number of aryl methyl sites for hydroxylation is 1. The van der Waals surface area contributed by atoms with Crippen molar-refractivity contribution in [2.75, 3.05) is 18.6 Å². The van der Waals surface area contributed by atoms with Gasteiger partial charge in [0.05, 0.1) is 24.8 Å². The van der Waals surface area contributed by atoms with Crippen molar-refractivity contribution in [3.63, 3.8) is 0 Å². The summed E-state index contributed by atoms with van der Waals surface area (Å²) < 4.78 is 28.7. The van der Waals surface area contributed by atoms with Gasteiger partial charge in [0.15, 0.2) is 5.75 Å². The number of rotatable bonds is 6. The number of hydrogen-bond donors (Lipinski definition) is 0. The van der Waals surface area contributed by atoms with Crippen LogP contribution in [0.25, 0.3) is 0 Å². The minimum Gasteiger partial charge on any atom is -0.490 e. The Kier molecular flexibility index (Phi) is 4.14. The van der Waals surface area contributed by atoms with Crippen LogP contribution in [0.1, 0.15) is 13.3 Å². The van der Waals surface area contributed by atoms with Crippen molar-refractivity contribution in [3.05, 3.63) is 12.4 Å². The lowest BCUT2D eigenvalue weighted by Crippen LogP contribution is -2.07. The van der Waals surface area contributed by atoms with Crippen LogP contribution >= 0.6 is 0 Å². The van der Waals surface area contributed by atoms with Crippen LogP contribution in [0.3, 0.4) is 0 Å². The quantitative estimate of drug-likeness (QED) is 0.678. The molecule has 0 saturated carbocycles. The molecule has 1 aromatic heterocycles. The summed E-state index contributed by atoms with van der Waals surface area (Å²) in [6.45, 7) is 3.19. The van der Waals surface area contributed by atoms with E-state index in [2.05, 4.69) is 5.10 Å². The monoisotopic (exact) mass is 232 g/mol. The Labute approximate surface area is 90.0 Å². The van der Waals surface area contributed by atoms with E-state index in [1.807, 2.05) is 6.92 Å². The highest BCUT2D eigenvalue weighted by atomic mass is 32.2. The molecule has 0 aliphatic heterocycles.